The number of fused-ring (bicyclic) bond motifs is 1. The first kappa shape index (κ1) is 19.6. The molecule has 7 nitrogen and oxygen atoms in total. The van der Waals surface area contributed by atoms with Gasteiger partial charge in [-0.15, -0.1) is 0 Å². The van der Waals surface area contributed by atoms with E-state index < -0.39 is 23.4 Å². The maximum Gasteiger partial charge on any atom is 0.425 e. The van der Waals surface area contributed by atoms with Crippen LogP contribution in [0.4, 0.5) is 15.4 Å². The van der Waals surface area contributed by atoms with Crippen LogP contribution in [-0.2, 0) is 9.47 Å². The van der Waals surface area contributed by atoms with Gasteiger partial charge in [0.25, 0.3) is 0 Å². The summed E-state index contributed by atoms with van der Waals surface area (Å²) in [7, 11) is 0. The molecule has 0 aliphatic heterocycles. The second kappa shape index (κ2) is 6.90. The predicted octanol–water partition coefficient (Wildman–Crippen LogP) is 4.61. The summed E-state index contributed by atoms with van der Waals surface area (Å²) in [5.74, 6) is 0.0900. The zero-order valence-electron chi connectivity index (χ0n) is 16.3. The quantitative estimate of drug-likeness (QED) is 0.739. The number of rotatable bonds is 1. The number of hydrogen-bond acceptors (Lipinski definition) is 6. The molecule has 1 aromatic heterocycles. The van der Waals surface area contributed by atoms with Crippen molar-refractivity contribution in [3.8, 4) is 0 Å². The molecule has 0 unspecified atom stereocenters. The number of ether oxygens (including phenoxy) is 2. The molecule has 1 heterocycles. The molecule has 0 aliphatic carbocycles. The third-order valence-electron chi connectivity index (χ3n) is 3.08. The molecule has 140 valence electrons. The number of amides is 2. The van der Waals surface area contributed by atoms with E-state index >= 15 is 0 Å². The topological polar surface area (TPSA) is 81.6 Å². The van der Waals surface area contributed by atoms with E-state index in [0.717, 1.165) is 4.90 Å². The number of aromatic nitrogens is 2. The van der Waals surface area contributed by atoms with Gasteiger partial charge in [0, 0.05) is 0 Å². The van der Waals surface area contributed by atoms with Gasteiger partial charge in [-0.25, -0.2) is 19.6 Å². The van der Waals surface area contributed by atoms with Gasteiger partial charge >= 0.3 is 12.2 Å². The van der Waals surface area contributed by atoms with Crippen LogP contribution in [0.15, 0.2) is 24.3 Å². The minimum absolute atomic E-state index is 0.0900. The lowest BCUT2D eigenvalue weighted by atomic mass is 10.2. The Labute approximate surface area is 153 Å². The Morgan fingerprint density at radius 2 is 1.27 bits per heavy atom. The van der Waals surface area contributed by atoms with E-state index in [1.54, 1.807) is 60.6 Å². The van der Waals surface area contributed by atoms with Crippen molar-refractivity contribution in [3.05, 3.63) is 30.0 Å². The Morgan fingerprint density at radius 1 is 0.846 bits per heavy atom. The second-order valence-corrected chi connectivity index (χ2v) is 7.92. The van der Waals surface area contributed by atoms with E-state index in [-0.39, 0.29) is 5.82 Å². The molecule has 0 spiro atoms. The average molecular weight is 359 g/mol. The summed E-state index contributed by atoms with van der Waals surface area (Å²) < 4.78 is 10.8. The van der Waals surface area contributed by atoms with Crippen molar-refractivity contribution in [2.24, 2.45) is 0 Å². The molecule has 0 fully saturated rings. The lowest BCUT2D eigenvalue weighted by molar-refractivity contribution is 0.0428. The summed E-state index contributed by atoms with van der Waals surface area (Å²) in [5.41, 5.74) is 0.0816. The Kier molecular flexibility index (Phi) is 5.21. The monoisotopic (exact) mass is 359 g/mol. The van der Waals surface area contributed by atoms with Crippen molar-refractivity contribution < 1.29 is 19.1 Å². The molecule has 2 amide bonds. The van der Waals surface area contributed by atoms with Crippen LogP contribution in [0.3, 0.4) is 0 Å². The average Bonchev–Trinajstić information content (AvgIpc) is 2.44. The fourth-order valence-electron chi connectivity index (χ4n) is 2.15. The third kappa shape index (κ3) is 4.91. The summed E-state index contributed by atoms with van der Waals surface area (Å²) in [5, 5.41) is 0. The number of anilines is 1. The van der Waals surface area contributed by atoms with Crippen molar-refractivity contribution in [1.29, 1.82) is 0 Å². The van der Waals surface area contributed by atoms with Crippen molar-refractivity contribution in [3.63, 3.8) is 0 Å². The largest absolute Gasteiger partial charge is 0.443 e. The first-order chi connectivity index (χ1) is 11.9. The number of hydrogen-bond donors (Lipinski definition) is 0. The van der Waals surface area contributed by atoms with E-state index in [4.69, 9.17) is 9.47 Å². The number of carbonyl (C=O) groups excluding carboxylic acids is 2. The maximum atomic E-state index is 12.7. The fraction of sp³-hybridized carbons (Fsp3) is 0.474. The standard InChI is InChI=1S/C19H25N3O4/c1-12-15(21-14-11-9-8-10-13(14)20-12)22(16(23)25-18(2,3)4)17(24)26-19(5,6)7/h8-11H,1-7H3. The Balaban J connectivity index is 2.54. The van der Waals surface area contributed by atoms with Crippen molar-refractivity contribution in [2.45, 2.75) is 59.7 Å². The molecule has 7 heteroatoms. The summed E-state index contributed by atoms with van der Waals surface area (Å²) in [6, 6.07) is 7.22. The van der Waals surface area contributed by atoms with Gasteiger partial charge in [-0.3, -0.25) is 0 Å². The highest BCUT2D eigenvalue weighted by Gasteiger charge is 2.35. The van der Waals surface area contributed by atoms with E-state index in [2.05, 4.69) is 9.97 Å². The van der Waals surface area contributed by atoms with Crippen molar-refractivity contribution in [1.82, 2.24) is 9.97 Å². The molecule has 0 N–H and O–H groups in total. The summed E-state index contributed by atoms with van der Waals surface area (Å²) in [6.07, 6.45) is -1.72. The number of para-hydroxylation sites is 2. The molecule has 1 aromatic carbocycles. The fourth-order valence-corrected chi connectivity index (χ4v) is 2.15. The smallest absolute Gasteiger partial charge is 0.425 e. The van der Waals surface area contributed by atoms with Crippen LogP contribution in [0, 0.1) is 6.92 Å². The first-order valence-corrected chi connectivity index (χ1v) is 8.37. The molecule has 2 rings (SSSR count). The maximum absolute atomic E-state index is 12.7. The van der Waals surface area contributed by atoms with Crippen LogP contribution in [0.2, 0.25) is 0 Å². The van der Waals surface area contributed by atoms with Crippen LogP contribution >= 0.6 is 0 Å². The molecular weight excluding hydrogens is 334 g/mol. The number of carbonyl (C=O) groups is 2. The van der Waals surface area contributed by atoms with Gasteiger partial charge in [-0.1, -0.05) is 12.1 Å². The lowest BCUT2D eigenvalue weighted by Crippen LogP contribution is -2.44. The molecule has 0 saturated carbocycles. The van der Waals surface area contributed by atoms with Crippen LogP contribution in [0.5, 0.6) is 0 Å². The number of benzene rings is 1. The summed E-state index contributed by atoms with van der Waals surface area (Å²) in [6.45, 7) is 12.0. The second-order valence-electron chi connectivity index (χ2n) is 7.92. The third-order valence-corrected chi connectivity index (χ3v) is 3.08. The van der Waals surface area contributed by atoms with Gasteiger partial charge in [0.2, 0.25) is 0 Å². The van der Waals surface area contributed by atoms with Crippen LogP contribution < -0.4 is 4.90 Å². The Hall–Kier alpha value is -2.70. The highest BCUT2D eigenvalue weighted by molar-refractivity contribution is 6.09. The van der Waals surface area contributed by atoms with Crippen LogP contribution in [-0.4, -0.2) is 33.4 Å². The molecule has 0 radical (unpaired) electrons. The highest BCUT2D eigenvalue weighted by atomic mass is 16.6. The number of imide groups is 1. The molecule has 0 aliphatic rings. The summed E-state index contributed by atoms with van der Waals surface area (Å²) >= 11 is 0. The van der Waals surface area contributed by atoms with Crippen LogP contribution in [0.25, 0.3) is 11.0 Å². The molecule has 0 bridgehead atoms. The van der Waals surface area contributed by atoms with Gasteiger partial charge in [0.05, 0.1) is 16.7 Å². The minimum atomic E-state index is -0.862. The van der Waals surface area contributed by atoms with Crippen molar-refractivity contribution >= 4 is 29.0 Å². The van der Waals surface area contributed by atoms with Gasteiger partial charge in [-0.05, 0) is 60.6 Å². The predicted molar refractivity (Wildman–Crippen MR) is 99.2 cm³/mol. The van der Waals surface area contributed by atoms with Gasteiger partial charge < -0.3 is 9.47 Å². The van der Waals surface area contributed by atoms with Gasteiger partial charge in [0.15, 0.2) is 5.82 Å². The molecule has 0 atom stereocenters. The minimum Gasteiger partial charge on any atom is -0.443 e. The molecule has 0 saturated heterocycles. The highest BCUT2D eigenvalue weighted by Crippen LogP contribution is 2.24. The molecule has 26 heavy (non-hydrogen) atoms. The van der Waals surface area contributed by atoms with E-state index in [9.17, 15) is 9.59 Å². The van der Waals surface area contributed by atoms with E-state index in [1.807, 2.05) is 12.1 Å². The van der Waals surface area contributed by atoms with E-state index in [1.165, 1.54) is 0 Å². The molecular formula is C19H25N3O4. The van der Waals surface area contributed by atoms with Gasteiger partial charge in [0.1, 0.15) is 11.2 Å². The zero-order chi connectivity index (χ0) is 19.7. The summed E-state index contributed by atoms with van der Waals surface area (Å²) in [4.78, 5) is 35.1. The Bertz CT molecular complexity index is 807. The van der Waals surface area contributed by atoms with Gasteiger partial charge in [-0.2, -0.15) is 4.90 Å². The normalized spacial score (nSPS) is 12.0. The first-order valence-electron chi connectivity index (χ1n) is 8.37. The lowest BCUT2D eigenvalue weighted by Gasteiger charge is -2.28. The number of nitrogens with zero attached hydrogens (tertiary/aromatic N) is 3. The van der Waals surface area contributed by atoms with Crippen molar-refractivity contribution in [2.75, 3.05) is 4.90 Å². The molecule has 2 aromatic rings. The van der Waals surface area contributed by atoms with Crippen LogP contribution in [0.1, 0.15) is 47.2 Å². The zero-order valence-corrected chi connectivity index (χ0v) is 16.3. The Morgan fingerprint density at radius 3 is 1.69 bits per heavy atom. The number of aryl methyl sites for hydroxylation is 1. The SMILES string of the molecule is Cc1nc2ccccc2nc1N(C(=O)OC(C)(C)C)C(=O)OC(C)(C)C. The van der Waals surface area contributed by atoms with E-state index in [0.29, 0.717) is 16.7 Å².